The van der Waals surface area contributed by atoms with Crippen LogP contribution in [-0.2, 0) is 11.4 Å². The first kappa shape index (κ1) is 15.7. The van der Waals surface area contributed by atoms with Crippen LogP contribution in [0.25, 0.3) is 0 Å². The monoisotopic (exact) mass is 126 g/mol. The van der Waals surface area contributed by atoms with Crippen LogP contribution in [0.4, 0.5) is 0 Å². The molecule has 0 aliphatic carbocycles. The summed E-state index contributed by atoms with van der Waals surface area (Å²) in [6, 6.07) is 0. The van der Waals surface area contributed by atoms with Crippen molar-refractivity contribution in [3.8, 4) is 0 Å². The number of hydrogen-bond acceptors (Lipinski definition) is 3. The molecule has 0 aromatic heterocycles. The van der Waals surface area contributed by atoms with Gasteiger partial charge in [0, 0.05) is 59.1 Å². The fourth-order valence-electron chi connectivity index (χ4n) is 0. The Morgan fingerprint density at radius 1 is 1.17 bits per heavy atom. The van der Waals surface area contributed by atoms with E-state index in [1.54, 1.807) is 0 Å². The van der Waals surface area contributed by atoms with Gasteiger partial charge in [-0.25, -0.2) is 0 Å². The van der Waals surface area contributed by atoms with E-state index in [1.165, 1.54) is 0 Å². The third-order valence-corrected chi connectivity index (χ3v) is 0. The molecule has 0 spiro atoms. The first-order chi connectivity index (χ1) is 1.73. The molecule has 0 rings (SSSR count). The summed E-state index contributed by atoms with van der Waals surface area (Å²) in [5.74, 6) is 0. The molecule has 0 N–H and O–H groups in total. The molecule has 3 nitrogen and oxygen atoms in total. The Bertz CT molecular complexity index is 31.8. The van der Waals surface area contributed by atoms with Crippen molar-refractivity contribution in [2.24, 2.45) is 0 Å². The summed E-state index contributed by atoms with van der Waals surface area (Å²) in [5, 5.41) is 0. The maximum absolute atomic E-state index is 8.44. The third-order valence-electron chi connectivity index (χ3n) is 0. The molecule has 0 aromatic rings. The van der Waals surface area contributed by atoms with E-state index in [0.29, 0.717) is 0 Å². The van der Waals surface area contributed by atoms with Gasteiger partial charge in [0.15, 0.2) is 0 Å². The Labute approximate surface area is 82.6 Å². The van der Waals surface area contributed by atoms with Gasteiger partial charge in [-0.15, -0.1) is 11.4 Å². The molecule has 0 aliphatic rings. The second-order valence-corrected chi connectivity index (χ2v) is 0.612. The van der Waals surface area contributed by atoms with Crippen LogP contribution in [0.5, 0.6) is 0 Å². The van der Waals surface area contributed by atoms with Crippen molar-refractivity contribution in [3.05, 3.63) is 0 Å². The molecule has 0 fully saturated rings. The van der Waals surface area contributed by atoms with Crippen LogP contribution in [0.15, 0.2) is 0 Å². The zero-order chi connectivity index (χ0) is 3.58. The maximum atomic E-state index is 8.44. The van der Waals surface area contributed by atoms with E-state index >= 15 is 0 Å². The van der Waals surface area contributed by atoms with Crippen molar-refractivity contribution in [2.75, 3.05) is 0 Å². The van der Waals surface area contributed by atoms with Crippen molar-refractivity contribution in [3.63, 3.8) is 0 Å². The van der Waals surface area contributed by atoms with Gasteiger partial charge in [0.05, 0.1) is 0 Å². The van der Waals surface area contributed by atoms with Crippen molar-refractivity contribution in [1.82, 2.24) is 0 Å². The molecule has 0 amide bonds. The molecule has 0 atom stereocenters. The molecule has 0 aromatic carbocycles. The summed E-state index contributed by atoms with van der Waals surface area (Å²) < 4.78 is 25.3. The second-order valence-electron chi connectivity index (χ2n) is 0.204. The van der Waals surface area contributed by atoms with Crippen LogP contribution >= 0.6 is 0 Å². The van der Waals surface area contributed by atoms with E-state index in [-0.39, 0.29) is 59.1 Å². The van der Waals surface area contributed by atoms with Crippen LogP contribution in [0.2, 0.25) is 0 Å². The van der Waals surface area contributed by atoms with Crippen molar-refractivity contribution in [1.29, 1.82) is 0 Å². The van der Waals surface area contributed by atoms with E-state index in [1.807, 2.05) is 0 Å². The molecule has 6 heavy (non-hydrogen) atoms. The largest absolute Gasteiger partial charge is 0.784 e. The molecule has 0 aliphatic heterocycles. The summed E-state index contributed by atoms with van der Waals surface area (Å²) in [5.41, 5.74) is 0. The van der Waals surface area contributed by atoms with Gasteiger partial charge < -0.3 is 9.11 Å². The summed E-state index contributed by atoms with van der Waals surface area (Å²) in [6.45, 7) is 0. The summed E-state index contributed by atoms with van der Waals surface area (Å²) in [7, 11) is 0. The minimum atomic E-state index is -3.11. The van der Waals surface area contributed by atoms with Crippen molar-refractivity contribution < 1.29 is 13.3 Å². The summed E-state index contributed by atoms with van der Waals surface area (Å²) in [4.78, 5) is 0. The zero-order valence-electron chi connectivity index (χ0n) is 3.63. The molecule has 0 saturated heterocycles. The normalized spacial score (nSPS) is 5.83. The Kier molecular flexibility index (Phi) is 26.5. The van der Waals surface area contributed by atoms with E-state index in [4.69, 9.17) is 13.3 Å². The van der Waals surface area contributed by atoms with Gasteiger partial charge in [-0.1, -0.05) is 0 Å². The minimum Gasteiger partial charge on any atom is -0.784 e. The van der Waals surface area contributed by atoms with Gasteiger partial charge in [0.25, 0.3) is 0 Å². The van der Waals surface area contributed by atoms with Crippen molar-refractivity contribution >= 4 is 70.5 Å². The molecule has 6 heteroatoms. The van der Waals surface area contributed by atoms with Crippen LogP contribution < -0.4 is 0 Å². The van der Waals surface area contributed by atoms with Gasteiger partial charge in [0.1, 0.15) is 0 Å². The number of rotatable bonds is 0. The van der Waals surface area contributed by atoms with E-state index < -0.39 is 11.4 Å². The molecule has 0 unspecified atom stereocenters. The average molecular weight is 126 g/mol. The van der Waals surface area contributed by atoms with Gasteiger partial charge in [-0.3, -0.25) is 4.21 Å². The fourth-order valence-corrected chi connectivity index (χ4v) is 0. The minimum absolute atomic E-state index is 0. The average Bonchev–Trinajstić information content (AvgIpc) is 0.811. The summed E-state index contributed by atoms with van der Waals surface area (Å²) >= 11 is -3.11. The Balaban J connectivity index is -0.0000000450. The van der Waals surface area contributed by atoms with Gasteiger partial charge in [-0.2, -0.15) is 0 Å². The van der Waals surface area contributed by atoms with Crippen LogP contribution in [0, 0.1) is 0 Å². The van der Waals surface area contributed by atoms with Crippen LogP contribution in [0.1, 0.15) is 0 Å². The number of hydrogen-bond donors (Lipinski definition) is 0. The van der Waals surface area contributed by atoms with E-state index in [2.05, 4.69) is 0 Å². The van der Waals surface area contributed by atoms with E-state index in [9.17, 15) is 0 Å². The fraction of sp³-hybridized carbons (Fsp3) is 0. The molecule has 2 radical (unpaired) electrons. The molecule has 0 saturated carbocycles. The molecule has 0 heterocycles. The quantitative estimate of drug-likeness (QED) is 0.285. The van der Waals surface area contributed by atoms with Gasteiger partial charge in [-0.05, 0) is 0 Å². The van der Waals surface area contributed by atoms with Crippen LogP contribution in [0.3, 0.4) is 0 Å². The third kappa shape index (κ3) is 36.4. The van der Waals surface area contributed by atoms with Gasteiger partial charge >= 0.3 is 0 Å². The maximum Gasteiger partial charge on any atom is 0 e. The van der Waals surface area contributed by atoms with Gasteiger partial charge in [0.2, 0.25) is 0 Å². The predicted octanol–water partition coefficient (Wildman–Crippen LogP) is -1.77. The van der Waals surface area contributed by atoms with Crippen LogP contribution in [-0.4, -0.2) is 72.4 Å². The Morgan fingerprint density at radius 2 is 1.17 bits per heavy atom. The standard InChI is InChI=1S/2Na.H2O3S/c;;1-4(2)3/h;;(H2,1,2,3)/p-2. The first-order valence-electron chi connectivity index (χ1n) is 0.500. The Morgan fingerprint density at radius 3 is 1.17 bits per heavy atom. The topological polar surface area (TPSA) is 63.2 Å². The molecule has 28 valence electrons. The SMILES string of the molecule is O=S([O-])[O-].[Na].[Na]. The second kappa shape index (κ2) is 10.1. The molecular weight excluding hydrogens is 126 g/mol. The smallest absolute Gasteiger partial charge is 0 e. The molecule has 0 bridgehead atoms. The first-order valence-corrected chi connectivity index (χ1v) is 1.50. The molecular formula is Na2O3S-2. The Hall–Kier alpha value is 2.07. The summed E-state index contributed by atoms with van der Waals surface area (Å²) in [6.07, 6.45) is 0. The zero-order valence-corrected chi connectivity index (χ0v) is 8.45. The van der Waals surface area contributed by atoms with E-state index in [0.717, 1.165) is 0 Å². The predicted molar refractivity (Wildman–Crippen MR) is 21.2 cm³/mol. The van der Waals surface area contributed by atoms with Crippen molar-refractivity contribution in [2.45, 2.75) is 0 Å².